The molecule has 4 nitrogen and oxygen atoms in total. The first-order valence-electron chi connectivity index (χ1n) is 6.40. The molecule has 2 N–H and O–H groups in total. The Labute approximate surface area is 98.6 Å². The van der Waals surface area contributed by atoms with Crippen LogP contribution in [0.2, 0.25) is 0 Å². The maximum Gasteiger partial charge on any atom is 0.0626 e. The zero-order valence-electron chi connectivity index (χ0n) is 10.6. The third kappa shape index (κ3) is 2.94. The number of nitrogens with one attached hydrogen (secondary N) is 1. The molecule has 1 heterocycles. The number of aliphatic hydroxyl groups excluding tert-OH is 1. The first-order valence-corrected chi connectivity index (χ1v) is 6.40. The molecule has 1 saturated carbocycles. The van der Waals surface area contributed by atoms with E-state index in [2.05, 4.69) is 29.2 Å². The highest BCUT2D eigenvalue weighted by Gasteiger charge is 2.42. The number of rotatable bonds is 6. The number of aliphatic hydroxyl groups is 1. The van der Waals surface area contributed by atoms with Gasteiger partial charge in [0.05, 0.1) is 12.1 Å². The molecular weight excluding hydrogens is 202 g/mol. The molecule has 2 aliphatic rings. The number of hydrogen-bond donors (Lipinski definition) is 2. The maximum absolute atomic E-state index is 9.60. The lowest BCUT2D eigenvalue weighted by Gasteiger charge is -2.29. The molecule has 0 aromatic rings. The summed E-state index contributed by atoms with van der Waals surface area (Å²) in [5.41, 5.74) is -0.0292. The Balaban J connectivity index is 1.78. The van der Waals surface area contributed by atoms with Gasteiger partial charge in [-0.05, 0) is 33.4 Å². The fraction of sp³-hybridized carbons (Fsp3) is 1.00. The molecule has 1 saturated heterocycles. The van der Waals surface area contributed by atoms with Crippen molar-refractivity contribution in [3.05, 3.63) is 0 Å². The molecule has 0 radical (unpaired) electrons. The molecular formula is C12H25N3O. The molecule has 0 bridgehead atoms. The highest BCUT2D eigenvalue weighted by molar-refractivity contribution is 5.01. The highest BCUT2D eigenvalue weighted by atomic mass is 16.3. The average Bonchev–Trinajstić information content (AvgIpc) is 3.01. The van der Waals surface area contributed by atoms with Gasteiger partial charge in [-0.1, -0.05) is 0 Å². The fourth-order valence-electron chi connectivity index (χ4n) is 2.53. The monoisotopic (exact) mass is 227 g/mol. The Morgan fingerprint density at radius 1 is 1.44 bits per heavy atom. The molecule has 2 rings (SSSR count). The topological polar surface area (TPSA) is 38.7 Å². The van der Waals surface area contributed by atoms with Crippen LogP contribution in [0.3, 0.4) is 0 Å². The van der Waals surface area contributed by atoms with Gasteiger partial charge in [0, 0.05) is 32.2 Å². The fourth-order valence-corrected chi connectivity index (χ4v) is 2.53. The van der Waals surface area contributed by atoms with Gasteiger partial charge in [-0.25, -0.2) is 0 Å². The molecule has 1 aliphatic carbocycles. The minimum atomic E-state index is -0.0292. The van der Waals surface area contributed by atoms with Gasteiger partial charge in [0.15, 0.2) is 0 Å². The van der Waals surface area contributed by atoms with Gasteiger partial charge in [0.1, 0.15) is 0 Å². The van der Waals surface area contributed by atoms with Gasteiger partial charge >= 0.3 is 0 Å². The van der Waals surface area contributed by atoms with Crippen LogP contribution in [-0.2, 0) is 0 Å². The minimum absolute atomic E-state index is 0.0292. The van der Waals surface area contributed by atoms with E-state index in [1.54, 1.807) is 0 Å². The zero-order valence-corrected chi connectivity index (χ0v) is 10.6. The van der Waals surface area contributed by atoms with Gasteiger partial charge in [-0.3, -0.25) is 4.90 Å². The molecule has 1 aliphatic heterocycles. The summed E-state index contributed by atoms with van der Waals surface area (Å²) < 4.78 is 0. The minimum Gasteiger partial charge on any atom is -0.394 e. The van der Waals surface area contributed by atoms with Crippen LogP contribution < -0.4 is 5.32 Å². The van der Waals surface area contributed by atoms with E-state index in [0.29, 0.717) is 0 Å². The maximum atomic E-state index is 9.60. The average molecular weight is 227 g/mol. The van der Waals surface area contributed by atoms with Crippen LogP contribution in [0.1, 0.15) is 19.3 Å². The summed E-state index contributed by atoms with van der Waals surface area (Å²) in [4.78, 5) is 4.71. The number of likely N-dealkylation sites (N-methyl/N-ethyl adjacent to an activating group) is 1. The molecule has 16 heavy (non-hydrogen) atoms. The molecule has 2 fully saturated rings. The Morgan fingerprint density at radius 3 is 2.75 bits per heavy atom. The molecule has 0 amide bonds. The standard InChI is InChI=1S/C12H25N3O/c1-14(2)8-6-13-12(10-16)5-7-15(9-12)11-3-4-11/h11,13,16H,3-10H2,1-2H3. The SMILES string of the molecule is CN(C)CCNC1(CO)CCN(C2CC2)C1. The third-order valence-electron chi connectivity index (χ3n) is 3.81. The summed E-state index contributed by atoms with van der Waals surface area (Å²) in [7, 11) is 4.16. The van der Waals surface area contributed by atoms with E-state index in [9.17, 15) is 5.11 Å². The van der Waals surface area contributed by atoms with E-state index in [-0.39, 0.29) is 12.1 Å². The van der Waals surface area contributed by atoms with Crippen molar-refractivity contribution in [3.8, 4) is 0 Å². The van der Waals surface area contributed by atoms with E-state index in [1.165, 1.54) is 12.8 Å². The summed E-state index contributed by atoms with van der Waals surface area (Å²) in [5.74, 6) is 0. The van der Waals surface area contributed by atoms with Gasteiger partial charge in [0.25, 0.3) is 0 Å². The van der Waals surface area contributed by atoms with E-state index >= 15 is 0 Å². The first kappa shape index (κ1) is 12.3. The summed E-state index contributed by atoms with van der Waals surface area (Å²) in [6.07, 6.45) is 3.81. The van der Waals surface area contributed by atoms with E-state index in [0.717, 1.165) is 38.6 Å². The van der Waals surface area contributed by atoms with Crippen LogP contribution in [-0.4, -0.2) is 73.4 Å². The smallest absolute Gasteiger partial charge is 0.0626 e. The predicted octanol–water partition coefficient (Wildman–Crippen LogP) is -0.263. The van der Waals surface area contributed by atoms with Gasteiger partial charge < -0.3 is 15.3 Å². The van der Waals surface area contributed by atoms with Crippen LogP contribution in [0, 0.1) is 0 Å². The molecule has 94 valence electrons. The second-order valence-corrected chi connectivity index (χ2v) is 5.62. The van der Waals surface area contributed by atoms with Crippen molar-refractivity contribution in [2.75, 3.05) is 46.9 Å². The van der Waals surface area contributed by atoms with E-state index < -0.39 is 0 Å². The van der Waals surface area contributed by atoms with Crippen molar-refractivity contribution in [1.29, 1.82) is 0 Å². The summed E-state index contributed by atoms with van der Waals surface area (Å²) in [6, 6.07) is 0.823. The van der Waals surface area contributed by atoms with Gasteiger partial charge in [0.2, 0.25) is 0 Å². The summed E-state index contributed by atoms with van der Waals surface area (Å²) in [6.45, 7) is 4.45. The molecule has 4 heteroatoms. The van der Waals surface area contributed by atoms with Crippen molar-refractivity contribution in [3.63, 3.8) is 0 Å². The first-order chi connectivity index (χ1) is 7.65. The van der Waals surface area contributed by atoms with Crippen molar-refractivity contribution in [2.24, 2.45) is 0 Å². The van der Waals surface area contributed by atoms with E-state index in [1.807, 2.05) is 0 Å². The Morgan fingerprint density at radius 2 is 2.19 bits per heavy atom. The Kier molecular flexibility index (Phi) is 3.85. The molecule has 1 atom stereocenters. The number of nitrogens with zero attached hydrogens (tertiary/aromatic N) is 2. The van der Waals surface area contributed by atoms with Crippen LogP contribution in [0.5, 0.6) is 0 Å². The lowest BCUT2D eigenvalue weighted by molar-refractivity contribution is 0.156. The number of hydrogen-bond acceptors (Lipinski definition) is 4. The molecule has 0 aromatic carbocycles. The van der Waals surface area contributed by atoms with Crippen molar-refractivity contribution >= 4 is 0 Å². The van der Waals surface area contributed by atoms with Gasteiger partial charge in [-0.2, -0.15) is 0 Å². The van der Waals surface area contributed by atoms with Crippen LogP contribution in [0.15, 0.2) is 0 Å². The Hall–Kier alpha value is -0.160. The van der Waals surface area contributed by atoms with Crippen LogP contribution >= 0.6 is 0 Å². The zero-order chi connectivity index (χ0) is 11.6. The second kappa shape index (κ2) is 5.00. The van der Waals surface area contributed by atoms with Crippen molar-refractivity contribution in [2.45, 2.75) is 30.8 Å². The largest absolute Gasteiger partial charge is 0.394 e. The van der Waals surface area contributed by atoms with E-state index in [4.69, 9.17) is 0 Å². The molecule has 0 spiro atoms. The molecule has 0 aromatic heterocycles. The quantitative estimate of drug-likeness (QED) is 0.655. The second-order valence-electron chi connectivity index (χ2n) is 5.62. The summed E-state index contributed by atoms with van der Waals surface area (Å²) >= 11 is 0. The lowest BCUT2D eigenvalue weighted by atomic mass is 10.00. The van der Waals surface area contributed by atoms with Crippen molar-refractivity contribution in [1.82, 2.24) is 15.1 Å². The predicted molar refractivity (Wildman–Crippen MR) is 65.6 cm³/mol. The van der Waals surface area contributed by atoms with Crippen molar-refractivity contribution < 1.29 is 5.11 Å². The lowest BCUT2D eigenvalue weighted by Crippen LogP contribution is -2.52. The highest BCUT2D eigenvalue weighted by Crippen LogP contribution is 2.33. The van der Waals surface area contributed by atoms with Gasteiger partial charge in [-0.15, -0.1) is 0 Å². The molecule has 1 unspecified atom stereocenters. The third-order valence-corrected chi connectivity index (χ3v) is 3.81. The van der Waals surface area contributed by atoms with Crippen LogP contribution in [0.25, 0.3) is 0 Å². The number of likely N-dealkylation sites (tertiary alicyclic amines) is 1. The van der Waals surface area contributed by atoms with Crippen LogP contribution in [0.4, 0.5) is 0 Å². The summed E-state index contributed by atoms with van der Waals surface area (Å²) in [5, 5.41) is 13.2. The Bertz CT molecular complexity index is 230. The normalized spacial score (nSPS) is 31.5.